The van der Waals surface area contributed by atoms with Gasteiger partial charge in [-0.15, -0.1) is 0 Å². The van der Waals surface area contributed by atoms with Gasteiger partial charge in [0.05, 0.1) is 15.9 Å². The summed E-state index contributed by atoms with van der Waals surface area (Å²) in [6, 6.07) is 11.7. The molecule has 0 saturated carbocycles. The Bertz CT molecular complexity index is 1330. The average molecular weight is 403 g/mol. The number of benzene rings is 2. The van der Waals surface area contributed by atoms with Crippen molar-refractivity contribution >= 4 is 33.2 Å². The van der Waals surface area contributed by atoms with Gasteiger partial charge in [-0.3, -0.25) is 4.98 Å². The molecule has 10 heteroatoms. The third kappa shape index (κ3) is 3.18. The molecular formula is C17H11ClN4O4S. The van der Waals surface area contributed by atoms with Crippen molar-refractivity contribution in [3.05, 3.63) is 78.9 Å². The second kappa shape index (κ2) is 6.53. The van der Waals surface area contributed by atoms with Gasteiger partial charge in [0.25, 0.3) is 5.19 Å². The highest BCUT2D eigenvalue weighted by Gasteiger charge is 2.10. The predicted molar refractivity (Wildman–Crippen MR) is 103 cm³/mol. The number of nitrogens with one attached hydrogen (secondary N) is 1. The van der Waals surface area contributed by atoms with Crippen LogP contribution in [-0.4, -0.2) is 19.1 Å². The van der Waals surface area contributed by atoms with E-state index in [0.29, 0.717) is 21.7 Å². The molecule has 0 spiro atoms. The zero-order chi connectivity index (χ0) is 19.1. The number of aromatic nitrogens is 4. The summed E-state index contributed by atoms with van der Waals surface area (Å²) in [5.41, 5.74) is -1.22. The van der Waals surface area contributed by atoms with Crippen LogP contribution in [0.1, 0.15) is 0 Å². The molecule has 0 aliphatic carbocycles. The molecule has 8 nitrogen and oxygen atoms in total. The van der Waals surface area contributed by atoms with Gasteiger partial charge in [0.15, 0.2) is 0 Å². The Kier molecular flexibility index (Phi) is 4.17. The van der Waals surface area contributed by atoms with Crippen molar-refractivity contribution in [3.8, 4) is 16.6 Å². The van der Waals surface area contributed by atoms with Crippen LogP contribution in [0.4, 0.5) is 0 Å². The van der Waals surface area contributed by atoms with Crippen LogP contribution in [0.15, 0.2) is 56.8 Å². The molecule has 136 valence electrons. The summed E-state index contributed by atoms with van der Waals surface area (Å²) < 4.78 is 8.32. The minimum atomic E-state index is -0.806. The van der Waals surface area contributed by atoms with E-state index >= 15 is 0 Å². The summed E-state index contributed by atoms with van der Waals surface area (Å²) in [5, 5.41) is 1.06. The molecule has 0 fully saturated rings. The number of fused-ring (bicyclic) bond motifs is 1. The van der Waals surface area contributed by atoms with Crippen molar-refractivity contribution in [1.29, 1.82) is 0 Å². The topological polar surface area (TPSA) is 99.0 Å². The second-order valence-electron chi connectivity index (χ2n) is 5.60. The first-order valence-electron chi connectivity index (χ1n) is 7.69. The highest BCUT2D eigenvalue weighted by Crippen LogP contribution is 2.32. The van der Waals surface area contributed by atoms with Crippen molar-refractivity contribution in [2.75, 3.05) is 0 Å². The maximum atomic E-state index is 12.2. The molecule has 0 amide bonds. The normalized spacial score (nSPS) is 11.0. The largest absolute Gasteiger partial charge is 0.431 e. The number of aromatic amines is 1. The fourth-order valence-electron chi connectivity index (χ4n) is 2.47. The van der Waals surface area contributed by atoms with Gasteiger partial charge >= 0.3 is 17.1 Å². The first-order valence-corrected chi connectivity index (χ1v) is 8.88. The summed E-state index contributed by atoms with van der Waals surface area (Å²) in [5.74, 6) is 0.484. The number of hydrogen-bond donors (Lipinski definition) is 1. The fraction of sp³-hybridized carbons (Fsp3) is 0.0588. The molecule has 0 radical (unpaired) electrons. The molecule has 2 heterocycles. The lowest BCUT2D eigenvalue weighted by molar-refractivity contribution is 0.480. The van der Waals surface area contributed by atoms with Gasteiger partial charge in [0.2, 0.25) is 0 Å². The van der Waals surface area contributed by atoms with E-state index in [1.807, 2.05) is 12.1 Å². The molecule has 1 N–H and O–H groups in total. The summed E-state index contributed by atoms with van der Waals surface area (Å²) in [6.07, 6.45) is 0. The Labute approximate surface area is 159 Å². The SMILES string of the molecule is Cn1c(=O)[nH]c(=O)n(-c2ccc(Oc3nc4ccc(Cl)cc4s3)cc2)c1=O. The van der Waals surface area contributed by atoms with Crippen LogP contribution in [0.25, 0.3) is 15.9 Å². The zero-order valence-electron chi connectivity index (χ0n) is 13.8. The maximum Gasteiger partial charge on any atom is 0.340 e. The Morgan fingerprint density at radius 2 is 1.81 bits per heavy atom. The summed E-state index contributed by atoms with van der Waals surface area (Å²) in [6.45, 7) is 0. The Morgan fingerprint density at radius 1 is 1.07 bits per heavy atom. The van der Waals surface area contributed by atoms with Crippen LogP contribution in [0.2, 0.25) is 5.02 Å². The van der Waals surface area contributed by atoms with E-state index in [2.05, 4.69) is 9.97 Å². The standard InChI is InChI=1S/C17H11ClN4O4S/c1-21-14(23)20-15(24)22(17(21)25)10-3-5-11(6-4-10)26-16-19-12-7-2-9(18)8-13(12)27-16/h2-8H,1H3,(H,20,23,24). The van der Waals surface area contributed by atoms with Crippen LogP contribution in [0.5, 0.6) is 10.9 Å². The van der Waals surface area contributed by atoms with Gasteiger partial charge in [0, 0.05) is 12.1 Å². The molecule has 2 aromatic carbocycles. The highest BCUT2D eigenvalue weighted by atomic mass is 35.5. The second-order valence-corrected chi connectivity index (χ2v) is 7.03. The molecule has 27 heavy (non-hydrogen) atoms. The number of nitrogens with zero attached hydrogens (tertiary/aromatic N) is 3. The summed E-state index contributed by atoms with van der Waals surface area (Å²) in [7, 11) is 1.29. The van der Waals surface area contributed by atoms with Crippen molar-refractivity contribution in [1.82, 2.24) is 19.1 Å². The van der Waals surface area contributed by atoms with E-state index in [-0.39, 0.29) is 0 Å². The molecule has 0 bridgehead atoms. The van der Waals surface area contributed by atoms with Gasteiger partial charge in [-0.25, -0.2) is 28.5 Å². The maximum absolute atomic E-state index is 12.2. The number of H-pyrrole nitrogens is 1. The lowest BCUT2D eigenvalue weighted by Gasteiger charge is -2.07. The summed E-state index contributed by atoms with van der Waals surface area (Å²) >= 11 is 7.32. The van der Waals surface area contributed by atoms with E-state index in [1.165, 1.54) is 18.4 Å². The molecule has 4 aromatic rings. The van der Waals surface area contributed by atoms with Crippen LogP contribution >= 0.6 is 22.9 Å². The quantitative estimate of drug-likeness (QED) is 0.566. The van der Waals surface area contributed by atoms with Gasteiger partial charge in [-0.05, 0) is 42.5 Å². The van der Waals surface area contributed by atoms with E-state index in [0.717, 1.165) is 19.4 Å². The number of halogens is 1. The number of hydrogen-bond acceptors (Lipinski definition) is 6. The molecule has 0 saturated heterocycles. The third-order valence-electron chi connectivity index (χ3n) is 3.83. The van der Waals surface area contributed by atoms with Crippen LogP contribution in [0.3, 0.4) is 0 Å². The molecule has 0 unspecified atom stereocenters. The lowest BCUT2D eigenvalue weighted by Crippen LogP contribution is -2.47. The van der Waals surface area contributed by atoms with Gasteiger partial charge in [0.1, 0.15) is 5.75 Å². The van der Waals surface area contributed by atoms with Gasteiger partial charge < -0.3 is 4.74 Å². The molecule has 4 rings (SSSR count). The smallest absolute Gasteiger partial charge is 0.340 e. The highest BCUT2D eigenvalue weighted by molar-refractivity contribution is 7.20. The first kappa shape index (κ1) is 17.3. The average Bonchev–Trinajstić information content (AvgIpc) is 3.02. The van der Waals surface area contributed by atoms with Gasteiger partial charge in [-0.1, -0.05) is 22.9 Å². The molecule has 2 aromatic heterocycles. The van der Waals surface area contributed by atoms with Crippen LogP contribution in [0, 0.1) is 0 Å². The Balaban J connectivity index is 1.66. The Hall–Kier alpha value is -3.17. The predicted octanol–water partition coefficient (Wildman–Crippen LogP) is 2.28. The molecule has 0 atom stereocenters. The molecular weight excluding hydrogens is 392 g/mol. The van der Waals surface area contributed by atoms with E-state index in [4.69, 9.17) is 16.3 Å². The zero-order valence-corrected chi connectivity index (χ0v) is 15.4. The summed E-state index contributed by atoms with van der Waals surface area (Å²) in [4.78, 5) is 42.0. The lowest BCUT2D eigenvalue weighted by atomic mass is 10.3. The van der Waals surface area contributed by atoms with Crippen molar-refractivity contribution in [3.63, 3.8) is 0 Å². The van der Waals surface area contributed by atoms with Crippen LogP contribution in [-0.2, 0) is 7.05 Å². The van der Waals surface area contributed by atoms with Gasteiger partial charge in [-0.2, -0.15) is 0 Å². The van der Waals surface area contributed by atoms with E-state index in [1.54, 1.807) is 30.3 Å². The monoisotopic (exact) mass is 402 g/mol. The minimum absolute atomic E-state index is 0.306. The molecule has 0 aliphatic heterocycles. The number of rotatable bonds is 3. The van der Waals surface area contributed by atoms with E-state index < -0.39 is 17.1 Å². The van der Waals surface area contributed by atoms with Crippen molar-refractivity contribution < 1.29 is 4.74 Å². The van der Waals surface area contributed by atoms with E-state index in [9.17, 15) is 14.4 Å². The van der Waals surface area contributed by atoms with Crippen molar-refractivity contribution in [2.24, 2.45) is 7.05 Å². The number of thiazole rings is 1. The first-order chi connectivity index (χ1) is 12.9. The third-order valence-corrected chi connectivity index (χ3v) is 4.96. The fourth-order valence-corrected chi connectivity index (χ4v) is 3.58. The van der Waals surface area contributed by atoms with Crippen LogP contribution < -0.4 is 21.8 Å². The Morgan fingerprint density at radius 3 is 2.56 bits per heavy atom. The minimum Gasteiger partial charge on any atom is -0.431 e. The van der Waals surface area contributed by atoms with Crippen molar-refractivity contribution in [2.45, 2.75) is 0 Å². The number of ether oxygens (including phenoxy) is 1. The molecule has 0 aliphatic rings.